The Morgan fingerprint density at radius 2 is 2.26 bits per heavy atom. The van der Waals surface area contributed by atoms with Crippen LogP contribution in [0, 0.1) is 5.92 Å². The number of carbonyl (C=O) groups excluding carboxylic acids is 1. The van der Waals surface area contributed by atoms with E-state index in [4.69, 9.17) is 0 Å². The molecular formula is C14H23N3O2. The van der Waals surface area contributed by atoms with Crippen molar-refractivity contribution in [1.82, 2.24) is 15.5 Å². The molecule has 3 N–H and O–H groups in total. The molecule has 5 heteroatoms. The summed E-state index contributed by atoms with van der Waals surface area (Å²) in [5.41, 5.74) is 0.291. The molecule has 1 saturated carbocycles. The highest BCUT2D eigenvalue weighted by atomic mass is 16.3. The van der Waals surface area contributed by atoms with Crippen LogP contribution in [0.5, 0.6) is 0 Å². The molecular weight excluding hydrogens is 242 g/mol. The molecule has 0 unspecified atom stereocenters. The molecule has 0 aliphatic heterocycles. The van der Waals surface area contributed by atoms with Crippen LogP contribution in [0.3, 0.4) is 0 Å². The van der Waals surface area contributed by atoms with Crippen LogP contribution in [0.4, 0.5) is 0 Å². The molecule has 1 aromatic rings. The van der Waals surface area contributed by atoms with Gasteiger partial charge in [0.05, 0.1) is 18.6 Å². The number of amides is 1. The molecule has 1 atom stereocenters. The highest BCUT2D eigenvalue weighted by Gasteiger charge is 2.35. The smallest absolute Gasteiger partial charge is 0.226 e. The second-order valence-electron chi connectivity index (χ2n) is 5.72. The Morgan fingerprint density at radius 1 is 1.53 bits per heavy atom. The zero-order valence-electron chi connectivity index (χ0n) is 11.5. The van der Waals surface area contributed by atoms with Gasteiger partial charge in [0.2, 0.25) is 5.91 Å². The maximum absolute atomic E-state index is 12.1. The molecule has 106 valence electrons. The number of nitrogens with one attached hydrogen (secondary N) is 2. The number of aromatic amines is 1. The van der Waals surface area contributed by atoms with Crippen molar-refractivity contribution in [3.63, 3.8) is 0 Å². The van der Waals surface area contributed by atoms with Crippen LogP contribution in [0.25, 0.3) is 0 Å². The lowest BCUT2D eigenvalue weighted by Gasteiger charge is -2.39. The van der Waals surface area contributed by atoms with Gasteiger partial charge in [-0.2, -0.15) is 5.10 Å². The SMILES string of the molecule is C[C@@](CO)(NC(=O)Cc1ccn[nH]1)C1CCCCC1. The Morgan fingerprint density at radius 3 is 2.84 bits per heavy atom. The summed E-state index contributed by atoms with van der Waals surface area (Å²) in [7, 11) is 0. The quantitative estimate of drug-likeness (QED) is 0.753. The predicted molar refractivity (Wildman–Crippen MR) is 72.5 cm³/mol. The number of H-pyrrole nitrogens is 1. The van der Waals surface area contributed by atoms with E-state index < -0.39 is 5.54 Å². The molecule has 19 heavy (non-hydrogen) atoms. The summed E-state index contributed by atoms with van der Waals surface area (Å²) in [5.74, 6) is 0.309. The van der Waals surface area contributed by atoms with Crippen LogP contribution in [-0.2, 0) is 11.2 Å². The molecule has 1 aromatic heterocycles. The van der Waals surface area contributed by atoms with Crippen molar-refractivity contribution in [3.05, 3.63) is 18.0 Å². The Balaban J connectivity index is 1.94. The number of nitrogens with zero attached hydrogens (tertiary/aromatic N) is 1. The van der Waals surface area contributed by atoms with E-state index in [9.17, 15) is 9.90 Å². The van der Waals surface area contributed by atoms with Crippen LogP contribution >= 0.6 is 0 Å². The number of carbonyl (C=O) groups is 1. The molecule has 1 amide bonds. The van der Waals surface area contributed by atoms with Crippen molar-refractivity contribution in [2.75, 3.05) is 6.61 Å². The Hall–Kier alpha value is -1.36. The fourth-order valence-electron chi connectivity index (χ4n) is 2.93. The standard InChI is InChI=1S/C14H23N3O2/c1-14(10-18,11-5-3-2-4-6-11)16-13(19)9-12-7-8-15-17-12/h7-8,11,18H,2-6,9-10H2,1H3,(H,15,17)(H,16,19)/t14-/m0/s1. The maximum atomic E-state index is 12.1. The minimum Gasteiger partial charge on any atom is -0.394 e. The van der Waals surface area contributed by atoms with Crippen molar-refractivity contribution in [2.24, 2.45) is 5.92 Å². The first kappa shape index (κ1) is 14.1. The van der Waals surface area contributed by atoms with Crippen molar-refractivity contribution in [3.8, 4) is 0 Å². The first-order valence-electron chi connectivity index (χ1n) is 7.04. The van der Waals surface area contributed by atoms with Gasteiger partial charge in [0.15, 0.2) is 0 Å². The molecule has 2 rings (SSSR count). The molecule has 1 aliphatic carbocycles. The number of hydrogen-bond acceptors (Lipinski definition) is 3. The fraction of sp³-hybridized carbons (Fsp3) is 0.714. The lowest BCUT2D eigenvalue weighted by molar-refractivity contribution is -0.123. The Bertz CT molecular complexity index is 399. The average Bonchev–Trinajstić information content (AvgIpc) is 2.92. The first-order valence-corrected chi connectivity index (χ1v) is 7.04. The van der Waals surface area contributed by atoms with Gasteiger partial charge in [0, 0.05) is 11.9 Å². The molecule has 1 aliphatic rings. The summed E-state index contributed by atoms with van der Waals surface area (Å²) in [5, 5.41) is 19.3. The summed E-state index contributed by atoms with van der Waals surface area (Å²) < 4.78 is 0. The van der Waals surface area contributed by atoms with E-state index in [0.717, 1.165) is 18.5 Å². The van der Waals surface area contributed by atoms with Crippen molar-refractivity contribution >= 4 is 5.91 Å². The molecule has 1 fully saturated rings. The predicted octanol–water partition coefficient (Wildman–Crippen LogP) is 1.40. The molecule has 5 nitrogen and oxygen atoms in total. The largest absolute Gasteiger partial charge is 0.394 e. The van der Waals surface area contributed by atoms with E-state index >= 15 is 0 Å². The monoisotopic (exact) mass is 265 g/mol. The average molecular weight is 265 g/mol. The van der Waals surface area contributed by atoms with Gasteiger partial charge in [-0.3, -0.25) is 9.89 Å². The first-order chi connectivity index (χ1) is 9.14. The van der Waals surface area contributed by atoms with E-state index in [2.05, 4.69) is 15.5 Å². The Kier molecular flexibility index (Phi) is 4.58. The zero-order chi connectivity index (χ0) is 13.7. The topological polar surface area (TPSA) is 78.0 Å². The van der Waals surface area contributed by atoms with E-state index in [1.807, 2.05) is 6.92 Å². The van der Waals surface area contributed by atoms with E-state index in [-0.39, 0.29) is 18.9 Å². The fourth-order valence-corrected chi connectivity index (χ4v) is 2.93. The highest BCUT2D eigenvalue weighted by Crippen LogP contribution is 2.32. The summed E-state index contributed by atoms with van der Waals surface area (Å²) in [4.78, 5) is 12.1. The van der Waals surface area contributed by atoms with Crippen LogP contribution in [0.1, 0.15) is 44.7 Å². The van der Waals surface area contributed by atoms with Crippen LogP contribution in [0.15, 0.2) is 12.3 Å². The van der Waals surface area contributed by atoms with E-state index in [1.54, 1.807) is 12.3 Å². The number of rotatable bonds is 5. The summed E-state index contributed by atoms with van der Waals surface area (Å²) in [6.07, 6.45) is 7.73. The minimum atomic E-state index is -0.502. The van der Waals surface area contributed by atoms with Crippen LogP contribution < -0.4 is 5.32 Å². The van der Waals surface area contributed by atoms with Crippen LogP contribution in [-0.4, -0.2) is 33.4 Å². The maximum Gasteiger partial charge on any atom is 0.226 e. The van der Waals surface area contributed by atoms with Gasteiger partial charge in [0.25, 0.3) is 0 Å². The van der Waals surface area contributed by atoms with Gasteiger partial charge in [0.1, 0.15) is 0 Å². The van der Waals surface area contributed by atoms with Gasteiger partial charge in [-0.15, -0.1) is 0 Å². The summed E-state index contributed by atoms with van der Waals surface area (Å²) >= 11 is 0. The molecule has 1 heterocycles. The minimum absolute atomic E-state index is 0.00756. The second-order valence-corrected chi connectivity index (χ2v) is 5.72. The van der Waals surface area contributed by atoms with Crippen LogP contribution in [0.2, 0.25) is 0 Å². The van der Waals surface area contributed by atoms with Crippen molar-refractivity contribution < 1.29 is 9.90 Å². The number of hydrogen-bond donors (Lipinski definition) is 3. The second kappa shape index (κ2) is 6.19. The highest BCUT2D eigenvalue weighted by molar-refractivity contribution is 5.78. The molecule has 0 aromatic carbocycles. The lowest BCUT2D eigenvalue weighted by Crippen LogP contribution is -2.55. The van der Waals surface area contributed by atoms with Gasteiger partial charge in [-0.25, -0.2) is 0 Å². The van der Waals surface area contributed by atoms with Gasteiger partial charge in [-0.05, 0) is 31.7 Å². The molecule has 0 bridgehead atoms. The number of aromatic nitrogens is 2. The van der Waals surface area contributed by atoms with E-state index in [0.29, 0.717) is 5.92 Å². The molecule has 0 spiro atoms. The van der Waals surface area contributed by atoms with Gasteiger partial charge >= 0.3 is 0 Å². The number of aliphatic hydroxyl groups is 1. The molecule has 0 saturated heterocycles. The van der Waals surface area contributed by atoms with Gasteiger partial charge in [-0.1, -0.05) is 19.3 Å². The Labute approximate surface area is 113 Å². The van der Waals surface area contributed by atoms with Gasteiger partial charge < -0.3 is 10.4 Å². The zero-order valence-corrected chi connectivity index (χ0v) is 11.5. The third kappa shape index (κ3) is 3.56. The van der Waals surface area contributed by atoms with E-state index in [1.165, 1.54) is 19.3 Å². The molecule has 0 radical (unpaired) electrons. The number of aliphatic hydroxyl groups excluding tert-OH is 1. The normalized spacial score (nSPS) is 19.9. The summed E-state index contributed by atoms with van der Waals surface area (Å²) in [6.45, 7) is 1.94. The van der Waals surface area contributed by atoms with Crippen molar-refractivity contribution in [1.29, 1.82) is 0 Å². The third-order valence-electron chi connectivity index (χ3n) is 4.17. The lowest BCUT2D eigenvalue weighted by atomic mass is 9.76. The third-order valence-corrected chi connectivity index (χ3v) is 4.17. The summed E-state index contributed by atoms with van der Waals surface area (Å²) in [6, 6.07) is 1.79. The van der Waals surface area contributed by atoms with Crippen molar-refractivity contribution in [2.45, 2.75) is 51.0 Å².